The van der Waals surface area contributed by atoms with Gasteiger partial charge in [0.05, 0.1) is 10.5 Å². The maximum Gasteiger partial charge on any atom is 0.216 e. The maximum absolute atomic E-state index is 11.0. The van der Waals surface area contributed by atoms with Gasteiger partial charge in [0, 0.05) is 25.1 Å². The average Bonchev–Trinajstić information content (AvgIpc) is 2.82. The van der Waals surface area contributed by atoms with Crippen LogP contribution in [0.1, 0.15) is 31.9 Å². The molecule has 0 unspecified atom stereocenters. The number of benzene rings is 1. The SMILES string of the molecule is CC(=O)NCCc1c[nH]c2c(CC=C(C)C)ccc(Cl)c12. The van der Waals surface area contributed by atoms with E-state index in [0.29, 0.717) is 6.54 Å². The van der Waals surface area contributed by atoms with Crippen molar-refractivity contribution in [1.82, 2.24) is 10.3 Å². The molecule has 0 fully saturated rings. The molecule has 21 heavy (non-hydrogen) atoms. The number of hydrogen-bond donors (Lipinski definition) is 2. The third-order valence-corrected chi connectivity index (χ3v) is 3.77. The predicted molar refractivity (Wildman–Crippen MR) is 88.8 cm³/mol. The number of fused-ring (bicyclic) bond motifs is 1. The molecule has 0 aliphatic carbocycles. The minimum Gasteiger partial charge on any atom is -0.361 e. The van der Waals surface area contributed by atoms with Crippen LogP contribution in [0, 0.1) is 0 Å². The Labute approximate surface area is 130 Å². The summed E-state index contributed by atoms with van der Waals surface area (Å²) in [5.41, 5.74) is 4.78. The number of aromatic nitrogens is 1. The minimum atomic E-state index is -0.00909. The molecule has 1 heterocycles. The lowest BCUT2D eigenvalue weighted by molar-refractivity contribution is -0.118. The van der Waals surface area contributed by atoms with Gasteiger partial charge >= 0.3 is 0 Å². The zero-order valence-electron chi connectivity index (χ0n) is 12.7. The molecule has 0 aliphatic rings. The number of carbonyl (C=O) groups excluding carboxylic acids is 1. The molecule has 2 aromatic rings. The second kappa shape index (κ2) is 6.81. The van der Waals surface area contributed by atoms with E-state index < -0.39 is 0 Å². The molecule has 0 saturated carbocycles. The van der Waals surface area contributed by atoms with Crippen molar-refractivity contribution < 1.29 is 4.79 Å². The fourth-order valence-corrected chi connectivity index (χ4v) is 2.66. The van der Waals surface area contributed by atoms with E-state index >= 15 is 0 Å². The Kier molecular flexibility index (Phi) is 5.07. The van der Waals surface area contributed by atoms with Crippen LogP contribution in [0.25, 0.3) is 10.9 Å². The highest BCUT2D eigenvalue weighted by molar-refractivity contribution is 6.35. The maximum atomic E-state index is 11.0. The first kappa shape index (κ1) is 15.6. The molecule has 2 rings (SSSR count). The molecule has 0 bridgehead atoms. The fraction of sp³-hybridized carbons (Fsp3) is 0.353. The van der Waals surface area contributed by atoms with E-state index in [-0.39, 0.29) is 5.91 Å². The lowest BCUT2D eigenvalue weighted by atomic mass is 10.0. The lowest BCUT2D eigenvalue weighted by Gasteiger charge is -2.05. The van der Waals surface area contributed by atoms with E-state index in [1.165, 1.54) is 18.1 Å². The van der Waals surface area contributed by atoms with Gasteiger partial charge in [-0.15, -0.1) is 0 Å². The highest BCUT2D eigenvalue weighted by atomic mass is 35.5. The van der Waals surface area contributed by atoms with E-state index in [2.05, 4.69) is 36.3 Å². The van der Waals surface area contributed by atoms with Crippen molar-refractivity contribution in [2.24, 2.45) is 0 Å². The van der Waals surface area contributed by atoms with Crippen LogP contribution in [0.5, 0.6) is 0 Å². The molecule has 0 aliphatic heterocycles. The van der Waals surface area contributed by atoms with Crippen molar-refractivity contribution in [1.29, 1.82) is 0 Å². The van der Waals surface area contributed by atoms with Gasteiger partial charge in [0.1, 0.15) is 0 Å². The summed E-state index contributed by atoms with van der Waals surface area (Å²) in [5.74, 6) is -0.00909. The summed E-state index contributed by atoms with van der Waals surface area (Å²) in [7, 11) is 0. The van der Waals surface area contributed by atoms with Crippen LogP contribution in [0.3, 0.4) is 0 Å². The third-order valence-electron chi connectivity index (χ3n) is 3.45. The normalized spacial score (nSPS) is 10.7. The van der Waals surface area contributed by atoms with Gasteiger partial charge in [-0.05, 0) is 43.9 Å². The monoisotopic (exact) mass is 304 g/mol. The Bertz CT molecular complexity index is 681. The number of H-pyrrole nitrogens is 1. The van der Waals surface area contributed by atoms with Crippen LogP contribution in [0.2, 0.25) is 5.02 Å². The Morgan fingerprint density at radius 2 is 2.05 bits per heavy atom. The van der Waals surface area contributed by atoms with Crippen molar-refractivity contribution >= 4 is 28.4 Å². The Balaban J connectivity index is 2.31. The number of amides is 1. The number of aromatic amines is 1. The van der Waals surface area contributed by atoms with Gasteiger partial charge in [0.25, 0.3) is 0 Å². The topological polar surface area (TPSA) is 44.9 Å². The summed E-state index contributed by atoms with van der Waals surface area (Å²) in [6.45, 7) is 6.35. The smallest absolute Gasteiger partial charge is 0.216 e. The molecule has 1 aromatic carbocycles. The van der Waals surface area contributed by atoms with Crippen molar-refractivity contribution in [3.63, 3.8) is 0 Å². The van der Waals surface area contributed by atoms with Crippen molar-refractivity contribution in [3.8, 4) is 0 Å². The summed E-state index contributed by atoms with van der Waals surface area (Å²) in [6, 6.07) is 4.02. The van der Waals surface area contributed by atoms with Crippen LogP contribution in [0.15, 0.2) is 30.0 Å². The molecule has 4 heteroatoms. The number of carbonyl (C=O) groups is 1. The molecule has 0 saturated heterocycles. The van der Waals surface area contributed by atoms with Gasteiger partial charge in [0.15, 0.2) is 0 Å². The lowest BCUT2D eigenvalue weighted by Crippen LogP contribution is -2.22. The van der Waals surface area contributed by atoms with Gasteiger partial charge in [-0.3, -0.25) is 4.79 Å². The van der Waals surface area contributed by atoms with Crippen LogP contribution >= 0.6 is 11.6 Å². The molecule has 1 aromatic heterocycles. The van der Waals surface area contributed by atoms with Crippen LogP contribution < -0.4 is 5.32 Å². The van der Waals surface area contributed by atoms with Gasteiger partial charge in [-0.2, -0.15) is 0 Å². The Morgan fingerprint density at radius 1 is 1.29 bits per heavy atom. The highest BCUT2D eigenvalue weighted by Crippen LogP contribution is 2.30. The van der Waals surface area contributed by atoms with Crippen LogP contribution in [-0.2, 0) is 17.6 Å². The number of nitrogens with one attached hydrogen (secondary N) is 2. The molecule has 0 atom stereocenters. The highest BCUT2D eigenvalue weighted by Gasteiger charge is 2.11. The van der Waals surface area contributed by atoms with Gasteiger partial charge < -0.3 is 10.3 Å². The second-order valence-corrected chi connectivity index (χ2v) is 5.90. The Morgan fingerprint density at radius 3 is 2.71 bits per heavy atom. The van der Waals surface area contributed by atoms with Crippen molar-refractivity contribution in [2.45, 2.75) is 33.6 Å². The fourth-order valence-electron chi connectivity index (χ4n) is 2.39. The van der Waals surface area contributed by atoms with E-state index in [0.717, 1.165) is 34.3 Å². The minimum absolute atomic E-state index is 0.00909. The number of allylic oxidation sites excluding steroid dienone is 2. The van der Waals surface area contributed by atoms with Crippen molar-refractivity contribution in [2.75, 3.05) is 6.54 Å². The van der Waals surface area contributed by atoms with E-state index in [4.69, 9.17) is 11.6 Å². The van der Waals surface area contributed by atoms with E-state index in [9.17, 15) is 4.79 Å². The zero-order valence-corrected chi connectivity index (χ0v) is 13.5. The molecular formula is C17H21ClN2O. The third kappa shape index (κ3) is 3.88. The summed E-state index contributed by atoms with van der Waals surface area (Å²) in [6.07, 6.45) is 5.86. The Hall–Kier alpha value is -1.74. The van der Waals surface area contributed by atoms with Crippen molar-refractivity contribution in [3.05, 3.63) is 46.1 Å². The molecule has 1 amide bonds. The molecule has 3 nitrogen and oxygen atoms in total. The average molecular weight is 305 g/mol. The second-order valence-electron chi connectivity index (χ2n) is 5.49. The number of hydrogen-bond acceptors (Lipinski definition) is 1. The summed E-state index contributed by atoms with van der Waals surface area (Å²) >= 11 is 6.36. The summed E-state index contributed by atoms with van der Waals surface area (Å²) < 4.78 is 0. The number of rotatable bonds is 5. The summed E-state index contributed by atoms with van der Waals surface area (Å²) in [4.78, 5) is 14.3. The van der Waals surface area contributed by atoms with Crippen LogP contribution in [-0.4, -0.2) is 17.4 Å². The molecule has 112 valence electrons. The van der Waals surface area contributed by atoms with Crippen LogP contribution in [0.4, 0.5) is 0 Å². The quantitative estimate of drug-likeness (QED) is 0.806. The zero-order chi connectivity index (χ0) is 15.4. The molecule has 0 spiro atoms. The standard InChI is InChI=1S/C17H21ClN2O/c1-11(2)4-5-13-6-7-15(18)16-14(10-20-17(13)16)8-9-19-12(3)21/h4,6-7,10,20H,5,8-9H2,1-3H3,(H,19,21). The largest absolute Gasteiger partial charge is 0.361 e. The first-order valence-corrected chi connectivity index (χ1v) is 7.52. The van der Waals surface area contributed by atoms with Gasteiger partial charge in [-0.1, -0.05) is 29.3 Å². The first-order valence-electron chi connectivity index (χ1n) is 7.14. The molecule has 0 radical (unpaired) electrons. The van der Waals surface area contributed by atoms with Gasteiger partial charge in [-0.25, -0.2) is 0 Å². The van der Waals surface area contributed by atoms with Gasteiger partial charge in [0.2, 0.25) is 5.91 Å². The van der Waals surface area contributed by atoms with E-state index in [1.807, 2.05) is 12.3 Å². The first-order chi connectivity index (χ1) is 9.99. The number of halogens is 1. The summed E-state index contributed by atoms with van der Waals surface area (Å²) in [5, 5.41) is 4.64. The molecule has 2 N–H and O–H groups in total. The predicted octanol–water partition coefficient (Wildman–Crippen LogP) is 4.01. The molecular weight excluding hydrogens is 284 g/mol. The van der Waals surface area contributed by atoms with E-state index in [1.54, 1.807) is 0 Å².